The van der Waals surface area contributed by atoms with Gasteiger partial charge in [0, 0.05) is 29.6 Å². The fourth-order valence-corrected chi connectivity index (χ4v) is 2.34. The van der Waals surface area contributed by atoms with Gasteiger partial charge in [-0.25, -0.2) is 4.98 Å². The van der Waals surface area contributed by atoms with Crippen molar-refractivity contribution in [2.75, 3.05) is 14.2 Å². The minimum Gasteiger partial charge on any atom is -0.497 e. The maximum Gasteiger partial charge on any atom is 0.212 e. The number of halogens is 1. The van der Waals surface area contributed by atoms with Crippen molar-refractivity contribution in [2.24, 2.45) is 0 Å². The highest BCUT2D eigenvalue weighted by Gasteiger charge is 2.10. The summed E-state index contributed by atoms with van der Waals surface area (Å²) in [4.78, 5) is 16.3. The minimum atomic E-state index is 0.121. The number of aromatic nitrogens is 1. The number of hydrogen-bond donors (Lipinski definition) is 0. The second kappa shape index (κ2) is 7.22. The molecule has 5 heteroatoms. The molecule has 0 aliphatic rings. The normalized spacial score (nSPS) is 10.2. The van der Waals surface area contributed by atoms with Crippen molar-refractivity contribution in [3.63, 3.8) is 0 Å². The standard InChI is InChI=1S/C16H16BrNO3/c1-20-14-4-5-15(17)12(9-14)8-13(19)7-11-3-6-16(21-2)18-10-11/h3-6,9-10H,7-8H2,1-2H3. The van der Waals surface area contributed by atoms with E-state index in [0.717, 1.165) is 21.3 Å². The van der Waals surface area contributed by atoms with Crippen LogP contribution in [0.5, 0.6) is 11.6 Å². The lowest BCUT2D eigenvalue weighted by molar-refractivity contribution is -0.117. The number of Topliss-reactive ketones (excluding diaryl/α,β-unsaturated/α-hetero) is 1. The van der Waals surface area contributed by atoms with Crippen LogP contribution in [0.3, 0.4) is 0 Å². The first-order valence-electron chi connectivity index (χ1n) is 6.45. The molecule has 110 valence electrons. The lowest BCUT2D eigenvalue weighted by Crippen LogP contribution is -2.07. The monoisotopic (exact) mass is 349 g/mol. The highest BCUT2D eigenvalue weighted by Crippen LogP contribution is 2.23. The molecule has 0 fully saturated rings. The molecule has 2 aromatic rings. The topological polar surface area (TPSA) is 48.4 Å². The van der Waals surface area contributed by atoms with Crippen LogP contribution in [0.15, 0.2) is 41.0 Å². The number of pyridine rings is 1. The van der Waals surface area contributed by atoms with Gasteiger partial charge in [0.2, 0.25) is 5.88 Å². The van der Waals surface area contributed by atoms with Crippen molar-refractivity contribution in [1.29, 1.82) is 0 Å². The molecule has 4 nitrogen and oxygen atoms in total. The third-order valence-electron chi connectivity index (χ3n) is 3.05. The van der Waals surface area contributed by atoms with E-state index in [1.807, 2.05) is 24.3 Å². The molecule has 0 radical (unpaired) electrons. The molecule has 21 heavy (non-hydrogen) atoms. The van der Waals surface area contributed by atoms with Crippen LogP contribution in [0, 0.1) is 0 Å². The summed E-state index contributed by atoms with van der Waals surface area (Å²) in [6, 6.07) is 9.21. The van der Waals surface area contributed by atoms with E-state index in [0.29, 0.717) is 18.7 Å². The number of carbonyl (C=O) groups excluding carboxylic acids is 1. The van der Waals surface area contributed by atoms with Crippen molar-refractivity contribution in [1.82, 2.24) is 4.98 Å². The summed E-state index contributed by atoms with van der Waals surface area (Å²) in [5.74, 6) is 1.41. The molecule has 0 saturated carbocycles. The molecular formula is C16H16BrNO3. The highest BCUT2D eigenvalue weighted by molar-refractivity contribution is 9.10. The average molecular weight is 350 g/mol. The van der Waals surface area contributed by atoms with E-state index in [4.69, 9.17) is 9.47 Å². The third kappa shape index (κ3) is 4.29. The number of ketones is 1. The van der Waals surface area contributed by atoms with Gasteiger partial charge in [-0.3, -0.25) is 4.79 Å². The van der Waals surface area contributed by atoms with Crippen LogP contribution in [-0.4, -0.2) is 25.0 Å². The number of carbonyl (C=O) groups is 1. The first kappa shape index (κ1) is 15.5. The predicted molar refractivity (Wildman–Crippen MR) is 83.9 cm³/mol. The fourth-order valence-electron chi connectivity index (χ4n) is 1.95. The van der Waals surface area contributed by atoms with Crippen LogP contribution in [0.4, 0.5) is 0 Å². The van der Waals surface area contributed by atoms with Crippen LogP contribution in [0.1, 0.15) is 11.1 Å². The smallest absolute Gasteiger partial charge is 0.212 e. The number of hydrogen-bond acceptors (Lipinski definition) is 4. The third-order valence-corrected chi connectivity index (χ3v) is 3.82. The van der Waals surface area contributed by atoms with E-state index >= 15 is 0 Å². The Hall–Kier alpha value is -1.88. The van der Waals surface area contributed by atoms with E-state index in [1.165, 1.54) is 0 Å². The molecule has 0 aliphatic carbocycles. The van der Waals surface area contributed by atoms with Crippen LogP contribution in [0.25, 0.3) is 0 Å². The maximum atomic E-state index is 12.2. The van der Waals surface area contributed by atoms with Crippen LogP contribution >= 0.6 is 15.9 Å². The van der Waals surface area contributed by atoms with Gasteiger partial charge in [-0.15, -0.1) is 0 Å². The summed E-state index contributed by atoms with van der Waals surface area (Å²) in [6.07, 6.45) is 2.36. The quantitative estimate of drug-likeness (QED) is 0.803. The molecule has 1 aromatic carbocycles. The summed E-state index contributed by atoms with van der Waals surface area (Å²) in [5.41, 5.74) is 1.79. The number of rotatable bonds is 6. The zero-order chi connectivity index (χ0) is 15.2. The van der Waals surface area contributed by atoms with Crippen LogP contribution in [-0.2, 0) is 17.6 Å². The SMILES string of the molecule is COc1ccc(Br)c(CC(=O)Cc2ccc(OC)nc2)c1. The predicted octanol–water partition coefficient (Wildman–Crippen LogP) is 3.22. The molecule has 0 atom stereocenters. The van der Waals surface area contributed by atoms with Gasteiger partial charge in [0.25, 0.3) is 0 Å². The Bertz CT molecular complexity index is 626. The molecule has 0 bridgehead atoms. The minimum absolute atomic E-state index is 0.121. The lowest BCUT2D eigenvalue weighted by atomic mass is 10.0. The Balaban J connectivity index is 2.04. The van der Waals surface area contributed by atoms with Crippen LogP contribution < -0.4 is 9.47 Å². The Kier molecular flexibility index (Phi) is 5.33. The number of benzene rings is 1. The van der Waals surface area contributed by atoms with Gasteiger partial charge >= 0.3 is 0 Å². The highest BCUT2D eigenvalue weighted by atomic mass is 79.9. The van der Waals surface area contributed by atoms with Crippen molar-refractivity contribution in [3.8, 4) is 11.6 Å². The van der Waals surface area contributed by atoms with Crippen molar-refractivity contribution in [3.05, 3.63) is 52.1 Å². The average Bonchev–Trinajstić information content (AvgIpc) is 2.50. The number of ether oxygens (including phenoxy) is 2. The first-order valence-corrected chi connectivity index (χ1v) is 7.24. The summed E-state index contributed by atoms with van der Waals surface area (Å²) in [6.45, 7) is 0. The molecule has 0 aliphatic heterocycles. The van der Waals surface area contributed by atoms with Gasteiger partial charge in [-0.1, -0.05) is 22.0 Å². The lowest BCUT2D eigenvalue weighted by Gasteiger charge is -2.07. The van der Waals surface area contributed by atoms with Gasteiger partial charge in [0.1, 0.15) is 11.5 Å². The van der Waals surface area contributed by atoms with Crippen molar-refractivity contribution >= 4 is 21.7 Å². The Morgan fingerprint density at radius 2 is 1.95 bits per heavy atom. The largest absolute Gasteiger partial charge is 0.497 e. The van der Waals surface area contributed by atoms with Gasteiger partial charge in [-0.2, -0.15) is 0 Å². The summed E-state index contributed by atoms with van der Waals surface area (Å²) < 4.78 is 11.1. The van der Waals surface area contributed by atoms with Crippen LogP contribution in [0.2, 0.25) is 0 Å². The van der Waals surface area contributed by atoms with Crippen molar-refractivity contribution in [2.45, 2.75) is 12.8 Å². The molecule has 0 spiro atoms. The Morgan fingerprint density at radius 3 is 2.57 bits per heavy atom. The van der Waals surface area contributed by atoms with E-state index in [9.17, 15) is 4.79 Å². The zero-order valence-corrected chi connectivity index (χ0v) is 13.5. The van der Waals surface area contributed by atoms with E-state index in [2.05, 4.69) is 20.9 Å². The molecule has 1 aromatic heterocycles. The Labute approximate surface area is 132 Å². The maximum absolute atomic E-state index is 12.2. The summed E-state index contributed by atoms with van der Waals surface area (Å²) in [7, 11) is 3.17. The van der Waals surface area contributed by atoms with Gasteiger partial charge in [0.15, 0.2) is 0 Å². The van der Waals surface area contributed by atoms with Crippen molar-refractivity contribution < 1.29 is 14.3 Å². The molecule has 0 saturated heterocycles. The molecule has 0 amide bonds. The van der Waals surface area contributed by atoms with E-state index in [1.54, 1.807) is 26.5 Å². The first-order chi connectivity index (χ1) is 10.1. The summed E-state index contributed by atoms with van der Waals surface area (Å²) >= 11 is 3.46. The second-order valence-electron chi connectivity index (χ2n) is 4.56. The number of nitrogens with zero attached hydrogens (tertiary/aromatic N) is 1. The molecule has 0 unspecified atom stereocenters. The Morgan fingerprint density at radius 1 is 1.14 bits per heavy atom. The fraction of sp³-hybridized carbons (Fsp3) is 0.250. The summed E-state index contributed by atoms with van der Waals surface area (Å²) in [5, 5.41) is 0. The molecule has 1 heterocycles. The van der Waals surface area contributed by atoms with E-state index in [-0.39, 0.29) is 5.78 Å². The zero-order valence-electron chi connectivity index (χ0n) is 11.9. The van der Waals surface area contributed by atoms with Gasteiger partial charge in [-0.05, 0) is 29.3 Å². The molecule has 2 rings (SSSR count). The molecular weight excluding hydrogens is 334 g/mol. The van der Waals surface area contributed by atoms with Gasteiger partial charge < -0.3 is 9.47 Å². The van der Waals surface area contributed by atoms with E-state index < -0.39 is 0 Å². The van der Waals surface area contributed by atoms with Gasteiger partial charge in [0.05, 0.1) is 14.2 Å². The molecule has 0 N–H and O–H groups in total. The number of methoxy groups -OCH3 is 2. The second-order valence-corrected chi connectivity index (χ2v) is 5.41.